The van der Waals surface area contributed by atoms with E-state index in [1.165, 1.54) is 0 Å². The van der Waals surface area contributed by atoms with E-state index in [1.807, 2.05) is 6.07 Å². The van der Waals surface area contributed by atoms with E-state index in [2.05, 4.69) is 10.2 Å². The van der Waals surface area contributed by atoms with Gasteiger partial charge in [-0.3, -0.25) is 9.89 Å². The molecule has 1 amide bonds. The van der Waals surface area contributed by atoms with Gasteiger partial charge in [0.1, 0.15) is 5.69 Å². The zero-order chi connectivity index (χ0) is 13.9. The minimum atomic E-state index is -0.0998. The number of likely N-dealkylation sites (tertiary alicyclic amines) is 1. The Labute approximate surface area is 116 Å². The van der Waals surface area contributed by atoms with Gasteiger partial charge < -0.3 is 14.4 Å². The highest BCUT2D eigenvalue weighted by atomic mass is 16.3. The maximum Gasteiger partial charge on any atom is 0.274 e. The number of aliphatic hydroxyl groups excluding tert-OH is 1. The number of carbonyl (C=O) groups excluding carboxylic acids is 1. The summed E-state index contributed by atoms with van der Waals surface area (Å²) in [6, 6.07) is 5.29. The van der Waals surface area contributed by atoms with E-state index in [1.54, 1.807) is 23.3 Å². The summed E-state index contributed by atoms with van der Waals surface area (Å²) in [5, 5.41) is 16.1. The first-order chi connectivity index (χ1) is 9.78. The van der Waals surface area contributed by atoms with Gasteiger partial charge in [0.05, 0.1) is 6.26 Å². The lowest BCUT2D eigenvalue weighted by molar-refractivity contribution is 0.0615. The lowest BCUT2D eigenvalue weighted by atomic mass is 9.99. The Bertz CT molecular complexity index is 576. The second-order valence-corrected chi connectivity index (χ2v) is 5.09. The van der Waals surface area contributed by atoms with Gasteiger partial charge in [-0.25, -0.2) is 0 Å². The van der Waals surface area contributed by atoms with Crippen LogP contribution in [0.1, 0.15) is 23.3 Å². The maximum absolute atomic E-state index is 12.4. The Morgan fingerprint density at radius 3 is 3.25 bits per heavy atom. The molecule has 1 atom stereocenters. The van der Waals surface area contributed by atoms with Crippen molar-refractivity contribution in [2.75, 3.05) is 19.7 Å². The van der Waals surface area contributed by atoms with Crippen LogP contribution in [0.4, 0.5) is 0 Å². The third-order valence-corrected chi connectivity index (χ3v) is 3.65. The van der Waals surface area contributed by atoms with E-state index < -0.39 is 0 Å². The van der Waals surface area contributed by atoms with Gasteiger partial charge in [-0.1, -0.05) is 0 Å². The number of aromatic nitrogens is 2. The van der Waals surface area contributed by atoms with Crippen LogP contribution < -0.4 is 0 Å². The highest BCUT2D eigenvalue weighted by Gasteiger charge is 2.25. The van der Waals surface area contributed by atoms with E-state index in [-0.39, 0.29) is 18.4 Å². The van der Waals surface area contributed by atoms with Gasteiger partial charge >= 0.3 is 0 Å². The minimum absolute atomic E-state index is 0.0998. The van der Waals surface area contributed by atoms with Gasteiger partial charge in [0.15, 0.2) is 11.5 Å². The van der Waals surface area contributed by atoms with Crippen LogP contribution in [0.15, 0.2) is 28.9 Å². The molecule has 1 aliphatic heterocycles. The van der Waals surface area contributed by atoms with Gasteiger partial charge in [0.2, 0.25) is 0 Å². The Kier molecular flexibility index (Phi) is 3.56. The van der Waals surface area contributed by atoms with Crippen LogP contribution in [0.25, 0.3) is 11.5 Å². The van der Waals surface area contributed by atoms with Crippen molar-refractivity contribution < 1.29 is 14.3 Å². The zero-order valence-corrected chi connectivity index (χ0v) is 11.1. The molecule has 0 bridgehead atoms. The average molecular weight is 275 g/mol. The van der Waals surface area contributed by atoms with Crippen LogP contribution in [0.2, 0.25) is 0 Å². The second kappa shape index (κ2) is 5.50. The van der Waals surface area contributed by atoms with Crippen LogP contribution in [-0.2, 0) is 0 Å². The number of nitrogens with one attached hydrogen (secondary N) is 1. The van der Waals surface area contributed by atoms with Crippen molar-refractivity contribution in [2.24, 2.45) is 5.92 Å². The molecule has 1 fully saturated rings. The Hall–Kier alpha value is -2.08. The summed E-state index contributed by atoms with van der Waals surface area (Å²) in [5.74, 6) is 0.733. The molecule has 1 aliphatic rings. The largest absolute Gasteiger partial charge is 0.463 e. The van der Waals surface area contributed by atoms with Gasteiger partial charge in [-0.2, -0.15) is 5.10 Å². The topological polar surface area (TPSA) is 82.4 Å². The number of nitrogens with zero attached hydrogens (tertiary/aromatic N) is 2. The molecule has 2 N–H and O–H groups in total. The van der Waals surface area contributed by atoms with Gasteiger partial charge in [0, 0.05) is 25.8 Å². The molecule has 0 aliphatic carbocycles. The zero-order valence-electron chi connectivity index (χ0n) is 11.1. The fraction of sp³-hybridized carbons (Fsp3) is 0.429. The predicted molar refractivity (Wildman–Crippen MR) is 72.0 cm³/mol. The average Bonchev–Trinajstić information content (AvgIpc) is 3.17. The van der Waals surface area contributed by atoms with Crippen LogP contribution in [0, 0.1) is 5.92 Å². The van der Waals surface area contributed by atoms with Crippen LogP contribution in [0.5, 0.6) is 0 Å². The molecule has 2 aromatic rings. The number of rotatable bonds is 3. The quantitative estimate of drug-likeness (QED) is 0.889. The molecular formula is C14H17N3O3. The number of H-pyrrole nitrogens is 1. The number of piperidine rings is 1. The normalized spacial score (nSPS) is 19.2. The molecular weight excluding hydrogens is 258 g/mol. The number of hydrogen-bond donors (Lipinski definition) is 2. The monoisotopic (exact) mass is 275 g/mol. The first kappa shape index (κ1) is 12.9. The minimum Gasteiger partial charge on any atom is -0.463 e. The van der Waals surface area contributed by atoms with Crippen molar-refractivity contribution >= 4 is 5.91 Å². The molecule has 0 aromatic carbocycles. The number of aromatic amines is 1. The molecule has 3 heterocycles. The van der Waals surface area contributed by atoms with Gasteiger partial charge in [-0.15, -0.1) is 0 Å². The van der Waals surface area contributed by atoms with E-state index in [0.29, 0.717) is 23.7 Å². The number of hydrogen-bond acceptors (Lipinski definition) is 4. The summed E-state index contributed by atoms with van der Waals surface area (Å²) in [6.07, 6.45) is 3.47. The fourth-order valence-corrected chi connectivity index (χ4v) is 2.55. The van der Waals surface area contributed by atoms with Crippen molar-refractivity contribution in [3.05, 3.63) is 30.2 Å². The summed E-state index contributed by atoms with van der Waals surface area (Å²) < 4.78 is 5.26. The predicted octanol–water partition coefficient (Wildman–Crippen LogP) is 1.51. The van der Waals surface area contributed by atoms with E-state index in [0.717, 1.165) is 19.4 Å². The Morgan fingerprint density at radius 1 is 1.60 bits per heavy atom. The number of furan rings is 1. The summed E-state index contributed by atoms with van der Waals surface area (Å²) in [7, 11) is 0. The lowest BCUT2D eigenvalue weighted by Gasteiger charge is -2.31. The number of amides is 1. The molecule has 6 heteroatoms. The van der Waals surface area contributed by atoms with Crippen molar-refractivity contribution in [1.82, 2.24) is 15.1 Å². The van der Waals surface area contributed by atoms with Crippen LogP contribution >= 0.6 is 0 Å². The Morgan fingerprint density at radius 2 is 2.50 bits per heavy atom. The van der Waals surface area contributed by atoms with Crippen molar-refractivity contribution in [2.45, 2.75) is 12.8 Å². The third-order valence-electron chi connectivity index (χ3n) is 3.65. The lowest BCUT2D eigenvalue weighted by Crippen LogP contribution is -2.41. The molecule has 1 unspecified atom stereocenters. The fourth-order valence-electron chi connectivity index (χ4n) is 2.55. The molecule has 106 valence electrons. The van der Waals surface area contributed by atoms with Gasteiger partial charge in [-0.05, 0) is 30.9 Å². The summed E-state index contributed by atoms with van der Waals surface area (Å²) in [4.78, 5) is 14.1. The molecule has 0 saturated carbocycles. The van der Waals surface area contributed by atoms with E-state index >= 15 is 0 Å². The summed E-state index contributed by atoms with van der Waals surface area (Å²) in [6.45, 7) is 1.44. The SMILES string of the molecule is O=C(c1cc(-c2ccco2)[nH]n1)N1CCCC(CO)C1. The highest BCUT2D eigenvalue weighted by molar-refractivity contribution is 5.93. The van der Waals surface area contributed by atoms with Crippen molar-refractivity contribution in [3.63, 3.8) is 0 Å². The number of aliphatic hydroxyl groups is 1. The first-order valence-corrected chi connectivity index (χ1v) is 6.77. The molecule has 3 rings (SSSR count). The summed E-state index contributed by atoms with van der Waals surface area (Å²) in [5.41, 5.74) is 1.07. The third kappa shape index (κ3) is 2.46. The molecule has 0 radical (unpaired) electrons. The molecule has 2 aromatic heterocycles. The molecule has 6 nitrogen and oxygen atoms in total. The number of carbonyl (C=O) groups is 1. The summed E-state index contributed by atoms with van der Waals surface area (Å²) >= 11 is 0. The van der Waals surface area contributed by atoms with E-state index in [4.69, 9.17) is 4.42 Å². The standard InChI is InChI=1S/C14H17N3O3/c18-9-10-3-1-5-17(8-10)14(19)12-7-11(15-16-12)13-4-2-6-20-13/h2,4,6-7,10,18H,1,3,5,8-9H2,(H,15,16). The van der Waals surface area contributed by atoms with E-state index in [9.17, 15) is 9.90 Å². The maximum atomic E-state index is 12.4. The molecule has 1 saturated heterocycles. The van der Waals surface area contributed by atoms with Gasteiger partial charge in [0.25, 0.3) is 5.91 Å². The Balaban J connectivity index is 1.74. The highest BCUT2D eigenvalue weighted by Crippen LogP contribution is 2.21. The smallest absolute Gasteiger partial charge is 0.274 e. The first-order valence-electron chi connectivity index (χ1n) is 6.77. The second-order valence-electron chi connectivity index (χ2n) is 5.09. The van der Waals surface area contributed by atoms with Crippen molar-refractivity contribution in [1.29, 1.82) is 0 Å². The molecule has 20 heavy (non-hydrogen) atoms. The molecule has 0 spiro atoms. The van der Waals surface area contributed by atoms with Crippen LogP contribution in [0.3, 0.4) is 0 Å². The van der Waals surface area contributed by atoms with Crippen LogP contribution in [-0.4, -0.2) is 45.8 Å². The van der Waals surface area contributed by atoms with Crippen molar-refractivity contribution in [3.8, 4) is 11.5 Å².